The molecule has 2 fully saturated rings. The number of aromatic hydroxyl groups is 1. The van der Waals surface area contributed by atoms with Gasteiger partial charge in [0.25, 0.3) is 5.91 Å². The number of H-pyrrole nitrogens is 1. The summed E-state index contributed by atoms with van der Waals surface area (Å²) in [5, 5.41) is 16.6. The summed E-state index contributed by atoms with van der Waals surface area (Å²) in [6.45, 7) is 6.00. The lowest BCUT2D eigenvalue weighted by molar-refractivity contribution is -0.686. The largest absolute Gasteiger partial charge is 0.477 e. The van der Waals surface area contributed by atoms with Crippen LogP contribution in [-0.4, -0.2) is 77.0 Å². The number of aromatic amines is 1. The highest BCUT2D eigenvalue weighted by molar-refractivity contribution is 5.96. The van der Waals surface area contributed by atoms with Crippen molar-refractivity contribution in [1.82, 2.24) is 19.8 Å². The molecule has 1 saturated carbocycles. The Morgan fingerprint density at radius 1 is 1.41 bits per heavy atom. The Labute approximate surface area is 196 Å². The second-order valence-corrected chi connectivity index (χ2v) is 9.19. The van der Waals surface area contributed by atoms with Crippen LogP contribution in [0.3, 0.4) is 0 Å². The van der Waals surface area contributed by atoms with Crippen LogP contribution < -0.4 is 15.4 Å². The summed E-state index contributed by atoms with van der Waals surface area (Å²) >= 11 is 0. The summed E-state index contributed by atoms with van der Waals surface area (Å²) in [5.74, 6) is -1.05. The van der Waals surface area contributed by atoms with Crippen LogP contribution in [0.25, 0.3) is 11.7 Å². The number of carbonyl (C=O) groups is 2. The van der Waals surface area contributed by atoms with E-state index >= 15 is 0 Å². The van der Waals surface area contributed by atoms with Gasteiger partial charge in [0.15, 0.2) is 0 Å². The topological polar surface area (TPSA) is 129 Å². The Kier molecular flexibility index (Phi) is 7.03. The molecule has 3 N–H and O–H groups in total. The van der Waals surface area contributed by atoms with Gasteiger partial charge < -0.3 is 24.8 Å². The maximum Gasteiger partial charge on any atom is 0.378 e. The van der Waals surface area contributed by atoms with Crippen molar-refractivity contribution in [2.75, 3.05) is 33.5 Å². The number of methoxy groups -OCH3 is 1. The molecule has 2 amide bonds. The van der Waals surface area contributed by atoms with Gasteiger partial charge in [-0.2, -0.15) is 4.57 Å². The molecule has 2 aromatic heterocycles. The van der Waals surface area contributed by atoms with Gasteiger partial charge in [-0.15, -0.1) is 0 Å². The highest BCUT2D eigenvalue weighted by Gasteiger charge is 2.34. The number of carbonyl (C=O) groups excluding carboxylic acids is 2. The van der Waals surface area contributed by atoms with Crippen molar-refractivity contribution < 1.29 is 28.7 Å². The van der Waals surface area contributed by atoms with Gasteiger partial charge in [-0.05, 0) is 24.8 Å². The highest BCUT2D eigenvalue weighted by atomic mass is 16.5. The van der Waals surface area contributed by atoms with Gasteiger partial charge in [0.05, 0.1) is 44.2 Å². The van der Waals surface area contributed by atoms with E-state index in [4.69, 9.17) is 9.47 Å². The Hall–Kier alpha value is -3.18. The number of nitrogens with one attached hydrogen (secondary N) is 2. The molecule has 0 radical (unpaired) electrons. The first-order chi connectivity index (χ1) is 16.3. The molecule has 11 nitrogen and oxygen atoms in total. The lowest BCUT2D eigenvalue weighted by atomic mass is 10.2. The number of rotatable bonds is 8. The number of morpholine rings is 1. The summed E-state index contributed by atoms with van der Waals surface area (Å²) in [6.07, 6.45) is 6.34. The number of ether oxygens (including phenoxy) is 2. The molecule has 4 rings (SSSR count). The molecule has 1 atom stereocenters. The number of hydrogen-bond donors (Lipinski definition) is 3. The van der Waals surface area contributed by atoms with Crippen molar-refractivity contribution in [3.05, 3.63) is 33.8 Å². The normalized spacial score (nSPS) is 18.8. The molecule has 0 unspecified atom stereocenters. The van der Waals surface area contributed by atoms with E-state index in [1.165, 1.54) is 15.2 Å². The van der Waals surface area contributed by atoms with E-state index in [2.05, 4.69) is 10.4 Å². The van der Waals surface area contributed by atoms with Gasteiger partial charge in [-0.25, -0.2) is 9.89 Å². The molecule has 3 heterocycles. The first kappa shape index (κ1) is 24.0. The van der Waals surface area contributed by atoms with Crippen LogP contribution in [0.15, 0.2) is 17.1 Å². The lowest BCUT2D eigenvalue weighted by Crippen LogP contribution is -2.50. The molecule has 11 heteroatoms. The van der Waals surface area contributed by atoms with Crippen molar-refractivity contribution >= 4 is 23.5 Å². The molecule has 0 bridgehead atoms. The van der Waals surface area contributed by atoms with Crippen molar-refractivity contribution in [3.63, 3.8) is 0 Å². The zero-order valence-corrected chi connectivity index (χ0v) is 19.7. The zero-order chi connectivity index (χ0) is 24.4. The monoisotopic (exact) mass is 474 g/mol. The standard InChI is InChI=1S/C23H31N5O6/c1-14(2)11-27-21-15(4-7-18(29)26-8-9-34-13-17(26)12-33-3)10-24-28(21)23(32)19(22(27)31)20(30)25-16-5-6-16/h4,7,10,14,16-17H,5-6,8-9,11-13H2,1-3H3,(H2,25,30,31,32)/p+1/b7-4+/t17-/m1/s1. The van der Waals surface area contributed by atoms with Crippen LogP contribution in [0, 0.1) is 5.92 Å². The van der Waals surface area contributed by atoms with Gasteiger partial charge in [0, 0.05) is 25.8 Å². The summed E-state index contributed by atoms with van der Waals surface area (Å²) in [4.78, 5) is 40.4. The van der Waals surface area contributed by atoms with E-state index in [1.807, 2.05) is 13.8 Å². The highest BCUT2D eigenvalue weighted by Crippen LogP contribution is 2.21. The van der Waals surface area contributed by atoms with Crippen molar-refractivity contribution in [3.8, 4) is 5.88 Å². The van der Waals surface area contributed by atoms with E-state index in [1.54, 1.807) is 24.3 Å². The first-order valence-corrected chi connectivity index (χ1v) is 11.6. The molecule has 34 heavy (non-hydrogen) atoms. The Morgan fingerprint density at radius 3 is 2.85 bits per heavy atom. The van der Waals surface area contributed by atoms with Crippen LogP contribution in [0.1, 0.15) is 42.6 Å². The molecule has 2 aliphatic rings. The lowest BCUT2D eigenvalue weighted by Gasteiger charge is -2.34. The predicted molar refractivity (Wildman–Crippen MR) is 122 cm³/mol. The zero-order valence-electron chi connectivity index (χ0n) is 19.7. The molecule has 0 spiro atoms. The van der Waals surface area contributed by atoms with Crippen LogP contribution in [-0.2, 0) is 20.8 Å². The molecule has 2 aromatic rings. The molecular weight excluding hydrogens is 442 g/mol. The number of hydrogen-bond acceptors (Lipinski definition) is 6. The molecule has 1 aliphatic carbocycles. The van der Waals surface area contributed by atoms with Crippen LogP contribution >= 0.6 is 0 Å². The average molecular weight is 475 g/mol. The number of amides is 2. The summed E-state index contributed by atoms with van der Waals surface area (Å²) in [7, 11) is 1.58. The molecule has 1 saturated heterocycles. The molecule has 0 aromatic carbocycles. The summed E-state index contributed by atoms with van der Waals surface area (Å²) < 4.78 is 13.4. The van der Waals surface area contributed by atoms with Gasteiger partial charge >= 0.3 is 17.1 Å². The second kappa shape index (κ2) is 9.98. The van der Waals surface area contributed by atoms with Crippen LogP contribution in [0.2, 0.25) is 0 Å². The van der Waals surface area contributed by atoms with E-state index in [0.29, 0.717) is 44.1 Å². The third-order valence-corrected chi connectivity index (χ3v) is 5.93. The third-order valence-electron chi connectivity index (χ3n) is 5.93. The molecule has 1 aliphatic heterocycles. The van der Waals surface area contributed by atoms with Crippen LogP contribution in [0.4, 0.5) is 0 Å². The van der Waals surface area contributed by atoms with Gasteiger partial charge in [-0.1, -0.05) is 18.4 Å². The number of aromatic nitrogens is 3. The minimum absolute atomic E-state index is 0.0424. The van der Waals surface area contributed by atoms with Crippen molar-refractivity contribution in [1.29, 1.82) is 0 Å². The van der Waals surface area contributed by atoms with E-state index in [0.717, 1.165) is 12.8 Å². The minimum atomic E-state index is -0.648. The third kappa shape index (κ3) is 4.85. The number of nitrogens with zero attached hydrogens (tertiary/aromatic N) is 3. The molecular formula is C23H32N5O6+. The van der Waals surface area contributed by atoms with Gasteiger partial charge in [-0.3, -0.25) is 9.59 Å². The maximum absolute atomic E-state index is 13.1. The van der Waals surface area contributed by atoms with Crippen LogP contribution in [0.5, 0.6) is 5.88 Å². The van der Waals surface area contributed by atoms with Gasteiger partial charge in [0.2, 0.25) is 11.5 Å². The quantitative estimate of drug-likeness (QED) is 0.366. The fraction of sp³-hybridized carbons (Fsp3) is 0.565. The van der Waals surface area contributed by atoms with Gasteiger partial charge in [0.1, 0.15) is 0 Å². The fourth-order valence-electron chi connectivity index (χ4n) is 4.14. The van der Waals surface area contributed by atoms with E-state index in [9.17, 15) is 19.5 Å². The van der Waals surface area contributed by atoms with Crippen molar-refractivity contribution in [2.24, 2.45) is 5.92 Å². The smallest absolute Gasteiger partial charge is 0.378 e. The predicted octanol–water partition coefficient (Wildman–Crippen LogP) is 0.0559. The summed E-state index contributed by atoms with van der Waals surface area (Å²) in [5.41, 5.74) is -0.0371. The Morgan fingerprint density at radius 2 is 2.18 bits per heavy atom. The Balaban J connectivity index is 1.71. The van der Waals surface area contributed by atoms with E-state index in [-0.39, 0.29) is 35.4 Å². The minimum Gasteiger partial charge on any atom is -0.477 e. The number of fused-ring (bicyclic) bond motifs is 1. The molecule has 184 valence electrons. The van der Waals surface area contributed by atoms with E-state index < -0.39 is 11.5 Å². The fourth-order valence-corrected chi connectivity index (χ4v) is 4.14. The SMILES string of the molecule is COC[C@@H]1COCCN1C(=O)/C=C/c1c[nH]n2c(=O)c(C(=O)NC3CC3)c(O)[n+](CC(C)C)c12. The first-order valence-electron chi connectivity index (χ1n) is 11.6. The van der Waals surface area contributed by atoms with Crippen molar-refractivity contribution in [2.45, 2.75) is 45.3 Å². The maximum atomic E-state index is 13.1. The second-order valence-electron chi connectivity index (χ2n) is 9.19. The Bertz CT molecular complexity index is 1160. The summed E-state index contributed by atoms with van der Waals surface area (Å²) in [6, 6.07) is -0.134. The average Bonchev–Trinajstić information content (AvgIpc) is 3.51.